The van der Waals surface area contributed by atoms with E-state index >= 15 is 0 Å². The number of nitrogens with zero attached hydrogens (tertiary/aromatic N) is 1. The Labute approximate surface area is 62.2 Å². The predicted molar refractivity (Wildman–Crippen MR) is 45.2 cm³/mol. The van der Waals surface area contributed by atoms with Crippen LogP contribution in [0.5, 0.6) is 0 Å². The first-order valence-electron chi connectivity index (χ1n) is 3.57. The molecule has 1 heteroatoms. The lowest BCUT2D eigenvalue weighted by molar-refractivity contribution is 0.508. The number of hydrogen-bond donors (Lipinski definition) is 0. The van der Waals surface area contributed by atoms with Crippen LogP contribution in [0.2, 0.25) is 0 Å². The molecule has 0 radical (unpaired) electrons. The number of allylic oxidation sites excluding steroid dienone is 3. The Bertz CT molecular complexity index is 185. The maximum absolute atomic E-state index is 4.07. The van der Waals surface area contributed by atoms with Crippen molar-refractivity contribution in [2.45, 2.75) is 20.3 Å². The molecule has 0 bridgehead atoms. The lowest BCUT2D eigenvalue weighted by Crippen LogP contribution is -2.07. The molecule has 0 N–H and O–H groups in total. The van der Waals surface area contributed by atoms with Crippen LogP contribution in [0.3, 0.4) is 0 Å². The van der Waals surface area contributed by atoms with Gasteiger partial charge in [0.1, 0.15) is 0 Å². The lowest BCUT2D eigenvalue weighted by Gasteiger charge is -2.16. The van der Waals surface area contributed by atoms with Gasteiger partial charge >= 0.3 is 0 Å². The van der Waals surface area contributed by atoms with E-state index in [1.165, 1.54) is 0 Å². The molecule has 1 rings (SSSR count). The molecule has 0 aliphatic carbocycles. The van der Waals surface area contributed by atoms with E-state index in [-0.39, 0.29) is 5.41 Å². The van der Waals surface area contributed by atoms with Crippen LogP contribution < -0.4 is 0 Å². The molecular weight excluding hydrogens is 122 g/mol. The molecule has 0 amide bonds. The van der Waals surface area contributed by atoms with Gasteiger partial charge in [0, 0.05) is 12.4 Å². The van der Waals surface area contributed by atoms with Gasteiger partial charge in [-0.25, -0.2) is 0 Å². The zero-order valence-corrected chi connectivity index (χ0v) is 6.54. The second-order valence-corrected chi connectivity index (χ2v) is 3.22. The second-order valence-electron chi connectivity index (χ2n) is 3.22. The third kappa shape index (κ3) is 2.18. The third-order valence-corrected chi connectivity index (χ3v) is 1.55. The Morgan fingerprint density at radius 2 is 2.10 bits per heavy atom. The van der Waals surface area contributed by atoms with Gasteiger partial charge in [-0.15, -0.1) is 0 Å². The van der Waals surface area contributed by atoms with Gasteiger partial charge in [0.2, 0.25) is 0 Å². The third-order valence-electron chi connectivity index (χ3n) is 1.55. The first kappa shape index (κ1) is 7.26. The van der Waals surface area contributed by atoms with Gasteiger partial charge in [0.15, 0.2) is 0 Å². The Morgan fingerprint density at radius 3 is 2.90 bits per heavy atom. The van der Waals surface area contributed by atoms with Gasteiger partial charge in [-0.1, -0.05) is 26.0 Å². The highest BCUT2D eigenvalue weighted by molar-refractivity contribution is 5.60. The van der Waals surface area contributed by atoms with Crippen molar-refractivity contribution in [1.29, 1.82) is 0 Å². The minimum absolute atomic E-state index is 0.272. The maximum Gasteiger partial charge on any atom is 0.0263 e. The number of hydrogen-bond acceptors (Lipinski definition) is 1. The van der Waals surface area contributed by atoms with Crippen molar-refractivity contribution < 1.29 is 0 Å². The lowest BCUT2D eigenvalue weighted by atomic mass is 9.89. The van der Waals surface area contributed by atoms with Crippen LogP contribution in [-0.2, 0) is 0 Å². The Balaban J connectivity index is 2.74. The molecule has 0 saturated carbocycles. The molecule has 0 fully saturated rings. The normalized spacial score (nSPS) is 25.4. The van der Waals surface area contributed by atoms with Crippen LogP contribution in [0.1, 0.15) is 20.3 Å². The molecule has 10 heavy (non-hydrogen) atoms. The van der Waals surface area contributed by atoms with Crippen molar-refractivity contribution in [3.8, 4) is 0 Å². The molecule has 54 valence electrons. The van der Waals surface area contributed by atoms with Crippen molar-refractivity contribution in [2.75, 3.05) is 0 Å². The van der Waals surface area contributed by atoms with E-state index in [0.717, 1.165) is 6.42 Å². The van der Waals surface area contributed by atoms with Gasteiger partial charge < -0.3 is 0 Å². The Morgan fingerprint density at radius 1 is 1.30 bits per heavy atom. The maximum atomic E-state index is 4.07. The fourth-order valence-corrected chi connectivity index (χ4v) is 0.832. The molecule has 0 aromatic heterocycles. The molecule has 1 aliphatic heterocycles. The summed E-state index contributed by atoms with van der Waals surface area (Å²) in [6.45, 7) is 4.41. The summed E-state index contributed by atoms with van der Waals surface area (Å²) in [7, 11) is 0. The van der Waals surface area contributed by atoms with Crippen LogP contribution in [0.15, 0.2) is 29.4 Å². The molecule has 0 unspecified atom stereocenters. The highest BCUT2D eigenvalue weighted by Crippen LogP contribution is 2.21. The van der Waals surface area contributed by atoms with E-state index in [4.69, 9.17) is 0 Å². The van der Waals surface area contributed by atoms with Crippen LogP contribution in [-0.4, -0.2) is 6.21 Å². The van der Waals surface area contributed by atoms with Crippen LogP contribution in [0.25, 0.3) is 0 Å². The Kier molecular flexibility index (Phi) is 2.05. The van der Waals surface area contributed by atoms with Gasteiger partial charge in [0.05, 0.1) is 0 Å². The number of rotatable bonds is 0. The zero-order chi connectivity index (χ0) is 7.45. The summed E-state index contributed by atoms with van der Waals surface area (Å²) in [6, 6.07) is 0. The minimum atomic E-state index is 0.272. The highest BCUT2D eigenvalue weighted by Gasteiger charge is 2.11. The molecule has 0 aromatic carbocycles. The molecule has 0 spiro atoms. The van der Waals surface area contributed by atoms with E-state index < -0.39 is 0 Å². The van der Waals surface area contributed by atoms with E-state index in [9.17, 15) is 0 Å². The monoisotopic (exact) mass is 135 g/mol. The van der Waals surface area contributed by atoms with Crippen LogP contribution in [0.4, 0.5) is 0 Å². The van der Waals surface area contributed by atoms with Crippen LogP contribution >= 0.6 is 0 Å². The molecule has 0 saturated heterocycles. The molecular formula is C9H13N. The quantitative estimate of drug-likeness (QED) is 0.484. The molecule has 1 nitrogen and oxygen atoms in total. The van der Waals surface area contributed by atoms with Gasteiger partial charge in [-0.05, 0) is 17.9 Å². The summed E-state index contributed by atoms with van der Waals surface area (Å²) in [6.07, 6.45) is 11.0. The van der Waals surface area contributed by atoms with Crippen molar-refractivity contribution >= 4 is 6.21 Å². The van der Waals surface area contributed by atoms with Gasteiger partial charge in [-0.3, -0.25) is 4.99 Å². The van der Waals surface area contributed by atoms with Crippen molar-refractivity contribution in [2.24, 2.45) is 10.4 Å². The number of aliphatic imine (C=N–C) groups is 1. The zero-order valence-electron chi connectivity index (χ0n) is 6.54. The second kappa shape index (κ2) is 2.82. The van der Waals surface area contributed by atoms with E-state index in [1.54, 1.807) is 0 Å². The van der Waals surface area contributed by atoms with Crippen LogP contribution in [0, 0.1) is 5.41 Å². The van der Waals surface area contributed by atoms with Crippen molar-refractivity contribution in [3.63, 3.8) is 0 Å². The fraction of sp³-hybridized carbons (Fsp3) is 0.444. The summed E-state index contributed by atoms with van der Waals surface area (Å²) in [5.41, 5.74) is 0.272. The van der Waals surface area contributed by atoms with E-state index in [0.29, 0.717) is 0 Å². The molecule has 0 aromatic rings. The van der Waals surface area contributed by atoms with Gasteiger partial charge in [-0.2, -0.15) is 0 Å². The largest absolute Gasteiger partial charge is 0.269 e. The molecule has 0 atom stereocenters. The molecule has 1 aliphatic rings. The standard InChI is InChI=1S/C9H13N/c1-9(2)5-3-4-7-10-8-6-9/h3-5,7-8H,6H2,1-2H3/b5-3?,7-4+,10-8?. The van der Waals surface area contributed by atoms with Crippen molar-refractivity contribution in [3.05, 3.63) is 24.4 Å². The summed E-state index contributed by atoms with van der Waals surface area (Å²) >= 11 is 0. The smallest absolute Gasteiger partial charge is 0.0263 e. The average Bonchev–Trinajstić information content (AvgIpc) is 1.81. The first-order chi connectivity index (χ1) is 4.71. The topological polar surface area (TPSA) is 12.4 Å². The molecule has 1 heterocycles. The first-order valence-corrected chi connectivity index (χ1v) is 3.57. The minimum Gasteiger partial charge on any atom is -0.269 e. The van der Waals surface area contributed by atoms with E-state index in [2.05, 4.69) is 31.0 Å². The van der Waals surface area contributed by atoms with Crippen molar-refractivity contribution in [1.82, 2.24) is 0 Å². The predicted octanol–water partition coefficient (Wildman–Crippen LogP) is 2.56. The fourth-order valence-electron chi connectivity index (χ4n) is 0.832. The SMILES string of the molecule is CC1(C)C=C/C=C/N=CC1. The van der Waals surface area contributed by atoms with E-state index in [1.807, 2.05) is 18.5 Å². The summed E-state index contributed by atoms with van der Waals surface area (Å²) in [5, 5.41) is 0. The Hall–Kier alpha value is -0.850. The highest BCUT2D eigenvalue weighted by atomic mass is 14.7. The average molecular weight is 135 g/mol. The summed E-state index contributed by atoms with van der Waals surface area (Å²) < 4.78 is 0. The summed E-state index contributed by atoms with van der Waals surface area (Å²) in [4.78, 5) is 4.07. The van der Waals surface area contributed by atoms with Gasteiger partial charge in [0.25, 0.3) is 0 Å². The summed E-state index contributed by atoms with van der Waals surface area (Å²) in [5.74, 6) is 0.